The zero-order chi connectivity index (χ0) is 25.7. The lowest BCUT2D eigenvalue weighted by molar-refractivity contribution is 0.0486. The van der Waals surface area contributed by atoms with E-state index in [1.807, 2.05) is 19.9 Å². The minimum absolute atomic E-state index is 0.0186. The monoisotopic (exact) mass is 472 g/mol. The van der Waals surface area contributed by atoms with Gasteiger partial charge in [-0.1, -0.05) is 52.2 Å². The van der Waals surface area contributed by atoms with Crippen molar-refractivity contribution in [1.29, 1.82) is 0 Å². The van der Waals surface area contributed by atoms with Crippen LogP contribution in [-0.2, 0) is 17.6 Å². The van der Waals surface area contributed by atoms with Crippen molar-refractivity contribution in [2.45, 2.75) is 59.3 Å². The highest BCUT2D eigenvalue weighted by atomic mass is 16.5. The van der Waals surface area contributed by atoms with Gasteiger partial charge >= 0.3 is 23.9 Å². The molecule has 0 atom stereocenters. The summed E-state index contributed by atoms with van der Waals surface area (Å²) in [6, 6.07) is 8.61. The van der Waals surface area contributed by atoms with Crippen LogP contribution in [0, 0.1) is 0 Å². The van der Waals surface area contributed by atoms with Gasteiger partial charge in [-0.05, 0) is 54.7 Å². The molecule has 0 saturated heterocycles. The molecule has 2 aromatic carbocycles. The third-order valence-corrected chi connectivity index (χ3v) is 5.17. The lowest BCUT2D eigenvalue weighted by atomic mass is 9.93. The van der Waals surface area contributed by atoms with Crippen molar-refractivity contribution in [1.82, 2.24) is 0 Å². The lowest BCUT2D eigenvalue weighted by Gasteiger charge is -2.14. The Morgan fingerprint density at radius 3 is 1.85 bits per heavy atom. The molecule has 0 aliphatic heterocycles. The molecule has 0 bridgehead atoms. The van der Waals surface area contributed by atoms with Crippen LogP contribution in [0.15, 0.2) is 36.4 Å². The Hall–Kier alpha value is -3.68. The van der Waals surface area contributed by atoms with Crippen molar-refractivity contribution in [3.8, 4) is 0 Å². The van der Waals surface area contributed by atoms with Crippen LogP contribution in [0.5, 0.6) is 0 Å². The summed E-state index contributed by atoms with van der Waals surface area (Å²) in [6.45, 7) is 6.34. The van der Waals surface area contributed by atoms with Crippen molar-refractivity contribution >= 4 is 23.9 Å². The molecule has 0 radical (unpaired) electrons. The summed E-state index contributed by atoms with van der Waals surface area (Å²) < 4.78 is 5.24. The number of carbonyl (C=O) groups excluding carboxylic acids is 1. The standard InChI is InChI=1S/C18H26O4.C8H6O4/c1-4-7-8-9-12-22-18(21)15-11-10-13(5-2)14(6-3)16(15)17(19)20;9-7(10)5-2-1-3-6(4-5)8(11)12/h10-11H,4-9,12H2,1-3H3,(H,19,20);1-4H,(H,9,10)(H,11,12). The van der Waals surface area contributed by atoms with Gasteiger partial charge in [0.25, 0.3) is 0 Å². The van der Waals surface area contributed by atoms with Gasteiger partial charge in [-0.25, -0.2) is 19.2 Å². The van der Waals surface area contributed by atoms with Gasteiger partial charge in [0.1, 0.15) is 0 Å². The maximum Gasteiger partial charge on any atom is 0.339 e. The lowest BCUT2D eigenvalue weighted by Crippen LogP contribution is -2.16. The van der Waals surface area contributed by atoms with Crippen molar-refractivity contribution in [2.75, 3.05) is 6.61 Å². The van der Waals surface area contributed by atoms with Crippen LogP contribution in [0.1, 0.15) is 99.0 Å². The van der Waals surface area contributed by atoms with Crippen LogP contribution >= 0.6 is 0 Å². The third-order valence-electron chi connectivity index (χ3n) is 5.17. The number of aryl methyl sites for hydroxylation is 1. The summed E-state index contributed by atoms with van der Waals surface area (Å²) in [7, 11) is 0. The highest BCUT2D eigenvalue weighted by Gasteiger charge is 2.22. The number of carboxylic acids is 3. The minimum Gasteiger partial charge on any atom is -0.478 e. The maximum absolute atomic E-state index is 12.2. The zero-order valence-electron chi connectivity index (χ0n) is 19.8. The first kappa shape index (κ1) is 28.4. The molecule has 2 aromatic rings. The third kappa shape index (κ3) is 8.35. The molecule has 0 fully saturated rings. The molecule has 8 nitrogen and oxygen atoms in total. The van der Waals surface area contributed by atoms with E-state index in [2.05, 4.69) is 6.92 Å². The summed E-state index contributed by atoms with van der Waals surface area (Å²) in [4.78, 5) is 44.5. The summed E-state index contributed by atoms with van der Waals surface area (Å²) in [5.74, 6) is -3.85. The Balaban J connectivity index is 0.000000404. The Morgan fingerprint density at radius 2 is 1.38 bits per heavy atom. The minimum atomic E-state index is -1.13. The van der Waals surface area contributed by atoms with Crippen LogP contribution in [0.3, 0.4) is 0 Å². The molecule has 0 amide bonds. The van der Waals surface area contributed by atoms with E-state index in [-0.39, 0.29) is 22.3 Å². The van der Waals surface area contributed by atoms with Gasteiger partial charge < -0.3 is 20.1 Å². The Labute approximate surface area is 199 Å². The van der Waals surface area contributed by atoms with E-state index in [1.54, 1.807) is 6.07 Å². The molecule has 0 spiro atoms. The molecule has 0 unspecified atom stereocenters. The van der Waals surface area contributed by atoms with E-state index in [0.29, 0.717) is 13.0 Å². The fourth-order valence-corrected chi connectivity index (χ4v) is 3.40. The van der Waals surface area contributed by atoms with E-state index in [1.165, 1.54) is 18.2 Å². The number of ether oxygens (including phenoxy) is 1. The number of rotatable bonds is 11. The number of carboxylic acid groups (broad SMARTS) is 3. The van der Waals surface area contributed by atoms with Gasteiger partial charge in [-0.2, -0.15) is 0 Å². The summed E-state index contributed by atoms with van der Waals surface area (Å²) in [6.07, 6.45) is 5.40. The van der Waals surface area contributed by atoms with Gasteiger partial charge in [-0.15, -0.1) is 0 Å². The first-order chi connectivity index (χ1) is 16.2. The topological polar surface area (TPSA) is 138 Å². The van der Waals surface area contributed by atoms with Crippen LogP contribution < -0.4 is 0 Å². The first-order valence-electron chi connectivity index (χ1n) is 11.3. The van der Waals surface area contributed by atoms with Crippen LogP contribution in [-0.4, -0.2) is 45.8 Å². The second-order valence-electron chi connectivity index (χ2n) is 7.53. The first-order valence-corrected chi connectivity index (χ1v) is 11.3. The van der Waals surface area contributed by atoms with Gasteiger partial charge in [0.15, 0.2) is 0 Å². The largest absolute Gasteiger partial charge is 0.478 e. The second-order valence-corrected chi connectivity index (χ2v) is 7.53. The van der Waals surface area contributed by atoms with Crippen molar-refractivity contribution in [3.05, 3.63) is 69.8 Å². The van der Waals surface area contributed by atoms with Crippen LogP contribution in [0.25, 0.3) is 0 Å². The van der Waals surface area contributed by atoms with Gasteiger partial charge in [0.05, 0.1) is 28.9 Å². The molecule has 0 aliphatic carbocycles. The molecule has 34 heavy (non-hydrogen) atoms. The molecule has 184 valence electrons. The molecule has 8 heteroatoms. The predicted octanol–water partition coefficient (Wildman–Crippen LogP) is 5.33. The van der Waals surface area contributed by atoms with E-state index in [4.69, 9.17) is 14.9 Å². The van der Waals surface area contributed by atoms with Gasteiger partial charge in [0.2, 0.25) is 0 Å². The number of unbranched alkanes of at least 4 members (excludes halogenated alkanes) is 3. The van der Waals surface area contributed by atoms with E-state index in [9.17, 15) is 24.3 Å². The van der Waals surface area contributed by atoms with Crippen LogP contribution in [0.2, 0.25) is 0 Å². The van der Waals surface area contributed by atoms with Crippen LogP contribution in [0.4, 0.5) is 0 Å². The SMILES string of the molecule is CCCCCCOC(=O)c1ccc(CC)c(CC)c1C(=O)O.O=C(O)c1cccc(C(=O)O)c1. The molecule has 3 N–H and O–H groups in total. The van der Waals surface area contributed by atoms with Crippen molar-refractivity contribution < 1.29 is 39.2 Å². The summed E-state index contributed by atoms with van der Waals surface area (Å²) >= 11 is 0. The maximum atomic E-state index is 12.2. The summed E-state index contributed by atoms with van der Waals surface area (Å²) in [5, 5.41) is 26.5. The average Bonchev–Trinajstić information content (AvgIpc) is 2.82. The number of aromatic carboxylic acids is 3. The summed E-state index contributed by atoms with van der Waals surface area (Å²) in [5.41, 5.74) is 1.93. The van der Waals surface area contributed by atoms with E-state index < -0.39 is 23.9 Å². The fourth-order valence-electron chi connectivity index (χ4n) is 3.40. The quantitative estimate of drug-likeness (QED) is 0.295. The normalized spacial score (nSPS) is 10.1. The highest BCUT2D eigenvalue weighted by Crippen LogP contribution is 2.22. The average molecular weight is 473 g/mol. The molecule has 0 heterocycles. The predicted molar refractivity (Wildman–Crippen MR) is 127 cm³/mol. The number of hydrogen-bond acceptors (Lipinski definition) is 5. The molecule has 0 aromatic heterocycles. The van der Waals surface area contributed by atoms with Gasteiger partial charge in [0, 0.05) is 0 Å². The smallest absolute Gasteiger partial charge is 0.339 e. The molecule has 0 saturated carbocycles. The molecular formula is C26H32O8. The molecular weight excluding hydrogens is 440 g/mol. The number of esters is 1. The van der Waals surface area contributed by atoms with Crippen molar-refractivity contribution in [3.63, 3.8) is 0 Å². The van der Waals surface area contributed by atoms with E-state index >= 15 is 0 Å². The Morgan fingerprint density at radius 1 is 0.765 bits per heavy atom. The highest BCUT2D eigenvalue weighted by molar-refractivity contribution is 6.03. The van der Waals surface area contributed by atoms with Crippen molar-refractivity contribution in [2.24, 2.45) is 0 Å². The number of hydrogen-bond donors (Lipinski definition) is 3. The molecule has 0 aliphatic rings. The second kappa shape index (κ2) is 14.5. The fraction of sp³-hybridized carbons (Fsp3) is 0.385. The van der Waals surface area contributed by atoms with Gasteiger partial charge in [-0.3, -0.25) is 0 Å². The molecule has 2 rings (SSSR count). The zero-order valence-corrected chi connectivity index (χ0v) is 19.8. The Bertz CT molecular complexity index is 981. The number of carbonyl (C=O) groups is 4. The number of benzene rings is 2. The van der Waals surface area contributed by atoms with E-state index in [0.717, 1.165) is 49.3 Å². The Kier molecular flexibility index (Phi) is 12.1.